The largest absolute Gasteiger partial charge is 0.399 e. The maximum absolute atomic E-state index is 12.1. The highest BCUT2D eigenvalue weighted by atomic mass is 32.3. The fourth-order valence-corrected chi connectivity index (χ4v) is 4.23. The number of hydrogen-bond donors (Lipinski definition) is 3. The van der Waals surface area contributed by atoms with E-state index in [4.69, 9.17) is 17.2 Å². The summed E-state index contributed by atoms with van der Waals surface area (Å²) in [5, 5.41) is 0. The molecule has 0 fully saturated rings. The highest BCUT2D eigenvalue weighted by molar-refractivity contribution is 8.00. The zero-order valence-corrected chi connectivity index (χ0v) is 12.8. The average Bonchev–Trinajstić information content (AvgIpc) is 2.37. The normalized spacial score (nSPS) is 12.2. The van der Waals surface area contributed by atoms with Crippen LogP contribution in [0.25, 0.3) is 0 Å². The van der Waals surface area contributed by atoms with Gasteiger partial charge in [0.2, 0.25) is 0 Å². The molecule has 0 aliphatic heterocycles. The molecule has 0 heterocycles. The maximum atomic E-state index is 12.1. The van der Waals surface area contributed by atoms with Gasteiger partial charge in [0.25, 0.3) is 0 Å². The van der Waals surface area contributed by atoms with E-state index in [2.05, 4.69) is 3.63 Å². The van der Waals surface area contributed by atoms with Crippen LogP contribution in [0.3, 0.4) is 0 Å². The molecule has 2 rings (SSSR count). The molecule has 0 bridgehead atoms. The van der Waals surface area contributed by atoms with Crippen LogP contribution in [0.1, 0.15) is 0 Å². The van der Waals surface area contributed by atoms with E-state index in [1.54, 1.807) is 0 Å². The van der Waals surface area contributed by atoms with Gasteiger partial charge in [-0.05, 0) is 42.5 Å². The summed E-state index contributed by atoms with van der Waals surface area (Å²) >= 11 is 0. The summed E-state index contributed by atoms with van der Waals surface area (Å²) < 4.78 is 52.5. The van der Waals surface area contributed by atoms with Crippen LogP contribution < -0.4 is 17.2 Å². The maximum Gasteiger partial charge on any atom is 0.313 e. The molecule has 10 heteroatoms. The molecular formula is C12H13N3O5S2. The lowest BCUT2D eigenvalue weighted by Crippen LogP contribution is -2.15. The van der Waals surface area contributed by atoms with Crippen LogP contribution in [0, 0.1) is 0 Å². The summed E-state index contributed by atoms with van der Waals surface area (Å²) in [6, 6.07) is 8.40. The molecule has 118 valence electrons. The van der Waals surface area contributed by atoms with Crippen molar-refractivity contribution in [3.05, 3.63) is 42.5 Å². The SMILES string of the molecule is Nc1ccc(S(=O)(=O)OS(=O)(=O)c2ccc(N)cc2N)cc1. The predicted octanol–water partition coefficient (Wildman–Crippen LogP) is 0.527. The molecule has 6 N–H and O–H groups in total. The number of hydrogen-bond acceptors (Lipinski definition) is 8. The average molecular weight is 343 g/mol. The van der Waals surface area contributed by atoms with E-state index in [0.29, 0.717) is 5.69 Å². The molecule has 0 aliphatic carbocycles. The van der Waals surface area contributed by atoms with Gasteiger partial charge in [0.05, 0.1) is 10.6 Å². The number of benzene rings is 2. The van der Waals surface area contributed by atoms with E-state index in [1.165, 1.54) is 24.3 Å². The Morgan fingerprint density at radius 1 is 0.727 bits per heavy atom. The van der Waals surface area contributed by atoms with E-state index >= 15 is 0 Å². The second-order valence-corrected chi connectivity index (χ2v) is 7.61. The topological polar surface area (TPSA) is 156 Å². The first-order chi connectivity index (χ1) is 10.1. The van der Waals surface area contributed by atoms with Gasteiger partial charge in [-0.2, -0.15) is 16.8 Å². The molecule has 0 saturated carbocycles. The molecule has 0 atom stereocenters. The molecule has 0 unspecified atom stereocenters. The Labute approximate surface area is 127 Å². The first-order valence-corrected chi connectivity index (χ1v) is 8.65. The van der Waals surface area contributed by atoms with E-state index < -0.39 is 25.1 Å². The van der Waals surface area contributed by atoms with Crippen molar-refractivity contribution in [2.45, 2.75) is 9.79 Å². The Morgan fingerprint density at radius 3 is 1.82 bits per heavy atom. The van der Waals surface area contributed by atoms with Crippen LogP contribution in [0.2, 0.25) is 0 Å². The minimum absolute atomic E-state index is 0.215. The van der Waals surface area contributed by atoms with Crippen LogP contribution in [-0.2, 0) is 23.9 Å². The van der Waals surface area contributed by atoms with Crippen molar-refractivity contribution >= 4 is 37.3 Å². The van der Waals surface area contributed by atoms with Gasteiger partial charge < -0.3 is 17.2 Å². The van der Waals surface area contributed by atoms with Crippen LogP contribution in [0.15, 0.2) is 52.3 Å². The summed E-state index contributed by atoms with van der Waals surface area (Å²) in [6.45, 7) is 0. The van der Waals surface area contributed by atoms with Crippen molar-refractivity contribution in [2.75, 3.05) is 17.2 Å². The fraction of sp³-hybridized carbons (Fsp3) is 0. The molecule has 2 aromatic carbocycles. The minimum atomic E-state index is -4.62. The van der Waals surface area contributed by atoms with E-state index in [1.807, 2.05) is 0 Å². The van der Waals surface area contributed by atoms with Crippen molar-refractivity contribution in [1.29, 1.82) is 0 Å². The van der Waals surface area contributed by atoms with Crippen LogP contribution in [0.5, 0.6) is 0 Å². The molecule has 8 nitrogen and oxygen atoms in total. The molecule has 0 radical (unpaired) electrons. The Kier molecular flexibility index (Phi) is 4.00. The van der Waals surface area contributed by atoms with Gasteiger partial charge >= 0.3 is 20.2 Å². The third-order valence-electron chi connectivity index (χ3n) is 2.65. The molecule has 0 saturated heterocycles. The Bertz CT molecular complexity index is 906. The number of rotatable bonds is 4. The monoisotopic (exact) mass is 343 g/mol. The standard InChI is InChI=1S/C12H13N3O5S2/c13-8-1-4-10(5-2-8)21(16,17)20-22(18,19)12-6-3-9(14)7-11(12)15/h1-7H,13-15H2. The van der Waals surface area contributed by atoms with Gasteiger partial charge in [-0.25, -0.2) is 0 Å². The zero-order valence-electron chi connectivity index (χ0n) is 11.1. The molecule has 0 aliphatic rings. The van der Waals surface area contributed by atoms with E-state index in [9.17, 15) is 16.8 Å². The third-order valence-corrected chi connectivity index (χ3v) is 5.84. The van der Waals surface area contributed by atoms with Crippen LogP contribution in [0.4, 0.5) is 17.1 Å². The molecule has 0 amide bonds. The minimum Gasteiger partial charge on any atom is -0.399 e. The summed E-state index contributed by atoms with van der Waals surface area (Å²) in [7, 11) is -9.16. The lowest BCUT2D eigenvalue weighted by Gasteiger charge is -2.09. The molecule has 22 heavy (non-hydrogen) atoms. The molecular weight excluding hydrogens is 330 g/mol. The second-order valence-electron chi connectivity index (χ2n) is 4.34. The van der Waals surface area contributed by atoms with Crippen LogP contribution >= 0.6 is 0 Å². The summed E-state index contributed by atoms with van der Waals surface area (Å²) in [5.41, 5.74) is 16.8. The fourth-order valence-electron chi connectivity index (χ4n) is 1.62. The first kappa shape index (κ1) is 16.1. The second kappa shape index (κ2) is 5.48. The Morgan fingerprint density at radius 2 is 1.27 bits per heavy atom. The van der Waals surface area contributed by atoms with Crippen molar-refractivity contribution in [2.24, 2.45) is 0 Å². The van der Waals surface area contributed by atoms with Crippen LogP contribution in [-0.4, -0.2) is 16.8 Å². The molecule has 0 spiro atoms. The Hall–Kier alpha value is -2.30. The van der Waals surface area contributed by atoms with E-state index in [0.717, 1.165) is 18.2 Å². The van der Waals surface area contributed by atoms with Gasteiger partial charge in [0.15, 0.2) is 0 Å². The Balaban J connectivity index is 2.41. The van der Waals surface area contributed by atoms with Gasteiger partial charge in [0, 0.05) is 11.4 Å². The van der Waals surface area contributed by atoms with Gasteiger partial charge in [-0.15, -0.1) is 3.63 Å². The van der Waals surface area contributed by atoms with Crippen molar-refractivity contribution in [3.8, 4) is 0 Å². The van der Waals surface area contributed by atoms with Crippen molar-refractivity contribution in [3.63, 3.8) is 0 Å². The van der Waals surface area contributed by atoms with E-state index in [-0.39, 0.29) is 16.3 Å². The van der Waals surface area contributed by atoms with Crippen molar-refractivity contribution < 1.29 is 20.5 Å². The van der Waals surface area contributed by atoms with Gasteiger partial charge in [-0.1, -0.05) is 0 Å². The summed E-state index contributed by atoms with van der Waals surface area (Å²) in [6.07, 6.45) is 0. The highest BCUT2D eigenvalue weighted by Crippen LogP contribution is 2.26. The number of nitrogens with two attached hydrogens (primary N) is 3. The lowest BCUT2D eigenvalue weighted by molar-refractivity contribution is 0.462. The molecule has 0 aromatic heterocycles. The van der Waals surface area contributed by atoms with Gasteiger partial charge in [-0.3, -0.25) is 0 Å². The quantitative estimate of drug-likeness (QED) is 0.679. The summed E-state index contributed by atoms with van der Waals surface area (Å²) in [5.74, 6) is 0. The number of nitrogen functional groups attached to an aromatic ring is 3. The first-order valence-electron chi connectivity index (χ1n) is 5.83. The lowest BCUT2D eigenvalue weighted by atomic mass is 10.3. The molecule has 2 aromatic rings. The summed E-state index contributed by atoms with van der Waals surface area (Å²) in [4.78, 5) is -0.833. The highest BCUT2D eigenvalue weighted by Gasteiger charge is 2.28. The predicted molar refractivity (Wildman–Crippen MR) is 81.6 cm³/mol. The third kappa shape index (κ3) is 3.30. The smallest absolute Gasteiger partial charge is 0.313 e. The van der Waals surface area contributed by atoms with Gasteiger partial charge in [0.1, 0.15) is 4.90 Å². The number of anilines is 3. The zero-order chi connectivity index (χ0) is 16.5. The van der Waals surface area contributed by atoms with Crippen molar-refractivity contribution in [1.82, 2.24) is 0 Å².